The molecule has 0 aliphatic rings. The quantitative estimate of drug-likeness (QED) is 0.729. The highest BCUT2D eigenvalue weighted by atomic mass is 35.5. The van der Waals surface area contributed by atoms with Crippen molar-refractivity contribution in [3.8, 4) is 5.82 Å². The van der Waals surface area contributed by atoms with Crippen molar-refractivity contribution in [1.82, 2.24) is 19.4 Å². The van der Waals surface area contributed by atoms with Crippen LogP contribution >= 0.6 is 11.6 Å². The summed E-state index contributed by atoms with van der Waals surface area (Å²) < 4.78 is 15.6. The number of hydrogen-bond donors (Lipinski definition) is 0. The summed E-state index contributed by atoms with van der Waals surface area (Å²) in [6, 6.07) is 7.84. The number of hydrogen-bond acceptors (Lipinski definition) is 3. The van der Waals surface area contributed by atoms with Crippen LogP contribution in [0.2, 0.25) is 5.02 Å². The van der Waals surface area contributed by atoms with E-state index in [2.05, 4.69) is 9.97 Å². The van der Waals surface area contributed by atoms with Gasteiger partial charge in [-0.25, -0.2) is 14.4 Å². The zero-order chi connectivity index (χ0) is 17.1. The van der Waals surface area contributed by atoms with E-state index in [1.165, 1.54) is 23.2 Å². The molecule has 0 bridgehead atoms. The van der Waals surface area contributed by atoms with Gasteiger partial charge in [-0.05, 0) is 24.3 Å². The van der Waals surface area contributed by atoms with Gasteiger partial charge in [-0.3, -0.25) is 9.36 Å². The van der Waals surface area contributed by atoms with Gasteiger partial charge in [0.15, 0.2) is 0 Å². The highest BCUT2D eigenvalue weighted by Gasteiger charge is 2.16. The summed E-state index contributed by atoms with van der Waals surface area (Å²) >= 11 is 6.00. The Morgan fingerprint density at radius 2 is 2.17 bits per heavy atom. The van der Waals surface area contributed by atoms with Crippen LogP contribution in [0.4, 0.5) is 4.39 Å². The summed E-state index contributed by atoms with van der Waals surface area (Å²) in [4.78, 5) is 22.1. The summed E-state index contributed by atoms with van der Waals surface area (Å²) in [5.41, 5.74) is 0.701. The van der Waals surface area contributed by atoms with Crippen LogP contribution in [0.3, 0.4) is 0 Å². The SMILES string of the molecule is CN(Cc1c(F)cccc1Cl)C(=O)c1ccc(-n2ccnc2)nc1. The minimum atomic E-state index is -0.435. The number of benzene rings is 1. The Morgan fingerprint density at radius 3 is 2.79 bits per heavy atom. The van der Waals surface area contributed by atoms with E-state index in [9.17, 15) is 9.18 Å². The molecule has 0 aliphatic heterocycles. The first-order chi connectivity index (χ1) is 11.6. The number of halogens is 2. The average molecular weight is 345 g/mol. The Balaban J connectivity index is 1.76. The molecule has 0 saturated heterocycles. The number of carbonyl (C=O) groups excluding carboxylic acids is 1. The van der Waals surface area contributed by atoms with Gasteiger partial charge in [-0.2, -0.15) is 0 Å². The maximum Gasteiger partial charge on any atom is 0.255 e. The predicted molar refractivity (Wildman–Crippen MR) is 88.6 cm³/mol. The molecule has 5 nitrogen and oxygen atoms in total. The minimum Gasteiger partial charge on any atom is -0.337 e. The molecule has 2 heterocycles. The monoisotopic (exact) mass is 344 g/mol. The second-order valence-electron chi connectivity index (χ2n) is 5.24. The smallest absolute Gasteiger partial charge is 0.255 e. The molecule has 0 radical (unpaired) electrons. The molecule has 0 fully saturated rings. The number of pyridine rings is 1. The molecule has 1 aromatic carbocycles. The summed E-state index contributed by atoms with van der Waals surface area (Å²) in [6.45, 7) is 0.0770. The van der Waals surface area contributed by atoms with Crippen LogP contribution in [0.25, 0.3) is 5.82 Å². The molecular formula is C17H14ClFN4O. The molecule has 0 N–H and O–H groups in total. The number of aromatic nitrogens is 3. The fraction of sp³-hybridized carbons (Fsp3) is 0.118. The zero-order valence-electron chi connectivity index (χ0n) is 12.9. The molecule has 7 heteroatoms. The Hall–Kier alpha value is -2.73. The third-order valence-electron chi connectivity index (χ3n) is 3.57. The van der Waals surface area contributed by atoms with E-state index in [4.69, 9.17) is 11.6 Å². The largest absolute Gasteiger partial charge is 0.337 e. The Labute approximate surface area is 143 Å². The maximum absolute atomic E-state index is 13.8. The zero-order valence-corrected chi connectivity index (χ0v) is 13.6. The first-order valence-corrected chi connectivity index (χ1v) is 7.57. The van der Waals surface area contributed by atoms with E-state index in [0.717, 1.165) is 0 Å². The van der Waals surface area contributed by atoms with Gasteiger partial charge in [0.1, 0.15) is 18.0 Å². The maximum atomic E-state index is 13.8. The molecule has 0 atom stereocenters. The lowest BCUT2D eigenvalue weighted by molar-refractivity contribution is 0.0783. The van der Waals surface area contributed by atoms with Crippen LogP contribution in [-0.4, -0.2) is 32.4 Å². The molecule has 3 rings (SSSR count). The molecule has 3 aromatic rings. The number of carbonyl (C=O) groups is 1. The molecule has 0 unspecified atom stereocenters. The van der Waals surface area contributed by atoms with E-state index in [1.54, 1.807) is 48.5 Å². The second kappa shape index (κ2) is 6.80. The molecule has 0 spiro atoms. The Kier molecular flexibility index (Phi) is 4.57. The molecule has 24 heavy (non-hydrogen) atoms. The van der Waals surface area contributed by atoms with E-state index < -0.39 is 5.82 Å². The minimum absolute atomic E-state index is 0.0770. The predicted octanol–water partition coefficient (Wildman–Crippen LogP) is 3.33. The van der Waals surface area contributed by atoms with Crippen molar-refractivity contribution in [1.29, 1.82) is 0 Å². The van der Waals surface area contributed by atoms with Crippen LogP contribution in [0.15, 0.2) is 55.2 Å². The fourth-order valence-corrected chi connectivity index (χ4v) is 2.50. The molecule has 122 valence electrons. The van der Waals surface area contributed by atoms with Gasteiger partial charge >= 0.3 is 0 Å². The van der Waals surface area contributed by atoms with Crippen molar-refractivity contribution < 1.29 is 9.18 Å². The van der Waals surface area contributed by atoms with Crippen LogP contribution in [-0.2, 0) is 6.54 Å². The van der Waals surface area contributed by atoms with Crippen molar-refractivity contribution >= 4 is 17.5 Å². The lowest BCUT2D eigenvalue weighted by atomic mass is 10.2. The molecule has 0 aliphatic carbocycles. The van der Waals surface area contributed by atoms with E-state index in [-0.39, 0.29) is 18.0 Å². The second-order valence-corrected chi connectivity index (χ2v) is 5.64. The Bertz CT molecular complexity index is 829. The third kappa shape index (κ3) is 3.28. The summed E-state index contributed by atoms with van der Waals surface area (Å²) in [5, 5.41) is 0.295. The summed E-state index contributed by atoms with van der Waals surface area (Å²) in [6.07, 6.45) is 6.51. The highest BCUT2D eigenvalue weighted by Crippen LogP contribution is 2.21. The van der Waals surface area contributed by atoms with Gasteiger partial charge in [0.2, 0.25) is 0 Å². The van der Waals surface area contributed by atoms with Crippen LogP contribution < -0.4 is 0 Å². The van der Waals surface area contributed by atoms with Crippen LogP contribution in [0.5, 0.6) is 0 Å². The number of imidazole rings is 1. The van der Waals surface area contributed by atoms with Crippen molar-refractivity contribution in [3.05, 3.63) is 77.2 Å². The van der Waals surface area contributed by atoms with Crippen molar-refractivity contribution in [3.63, 3.8) is 0 Å². The lowest BCUT2D eigenvalue weighted by Gasteiger charge is -2.18. The van der Waals surface area contributed by atoms with Gasteiger partial charge < -0.3 is 4.90 Å². The standard InChI is InChI=1S/C17H14ClFN4O/c1-22(10-13-14(18)3-2-4-15(13)19)17(24)12-5-6-16(21-9-12)23-8-7-20-11-23/h2-9,11H,10H2,1H3. The molecule has 2 aromatic heterocycles. The fourth-order valence-electron chi connectivity index (χ4n) is 2.27. The highest BCUT2D eigenvalue weighted by molar-refractivity contribution is 6.31. The van der Waals surface area contributed by atoms with Crippen molar-refractivity contribution in [2.75, 3.05) is 7.05 Å². The van der Waals surface area contributed by atoms with Crippen molar-refractivity contribution in [2.45, 2.75) is 6.54 Å². The molecule has 0 saturated carbocycles. The van der Waals surface area contributed by atoms with Crippen LogP contribution in [0.1, 0.15) is 15.9 Å². The number of nitrogens with zero attached hydrogens (tertiary/aromatic N) is 4. The topological polar surface area (TPSA) is 51.0 Å². The van der Waals surface area contributed by atoms with Gasteiger partial charge in [-0.15, -0.1) is 0 Å². The van der Waals surface area contributed by atoms with Crippen LogP contribution in [0, 0.1) is 5.82 Å². The normalized spacial score (nSPS) is 10.6. The van der Waals surface area contributed by atoms with Gasteiger partial charge in [-0.1, -0.05) is 17.7 Å². The molecule has 1 amide bonds. The molecular weight excluding hydrogens is 331 g/mol. The van der Waals surface area contributed by atoms with Crippen molar-refractivity contribution in [2.24, 2.45) is 0 Å². The first kappa shape index (κ1) is 16.1. The lowest BCUT2D eigenvalue weighted by Crippen LogP contribution is -2.27. The first-order valence-electron chi connectivity index (χ1n) is 7.19. The van der Waals surface area contributed by atoms with Gasteiger partial charge in [0, 0.05) is 42.8 Å². The van der Waals surface area contributed by atoms with E-state index in [0.29, 0.717) is 16.4 Å². The Morgan fingerprint density at radius 1 is 1.33 bits per heavy atom. The van der Waals surface area contributed by atoms with E-state index >= 15 is 0 Å². The van der Waals surface area contributed by atoms with Gasteiger partial charge in [0.25, 0.3) is 5.91 Å². The van der Waals surface area contributed by atoms with Gasteiger partial charge in [0.05, 0.1) is 5.56 Å². The number of amides is 1. The van der Waals surface area contributed by atoms with E-state index in [1.807, 2.05) is 0 Å². The third-order valence-corrected chi connectivity index (χ3v) is 3.92. The summed E-state index contributed by atoms with van der Waals surface area (Å²) in [5.74, 6) is -0.0430. The summed E-state index contributed by atoms with van der Waals surface area (Å²) in [7, 11) is 1.59. The number of rotatable bonds is 4. The average Bonchev–Trinajstić information content (AvgIpc) is 3.12.